The summed E-state index contributed by atoms with van der Waals surface area (Å²) < 4.78 is 8.88. The van der Waals surface area contributed by atoms with E-state index in [4.69, 9.17) is 19.2 Å². The molecule has 0 radical (unpaired) electrons. The maximum Gasteiger partial charge on any atom is -0.0149 e. The summed E-state index contributed by atoms with van der Waals surface area (Å²) in [6.45, 7) is 0. The van der Waals surface area contributed by atoms with Crippen LogP contribution in [-0.2, 0) is 4.57 Å². The molecule has 9 heavy (non-hydrogen) atoms. The molecule has 0 aliphatic heterocycles. The summed E-state index contributed by atoms with van der Waals surface area (Å²) in [5.74, 6) is 0. The first-order valence-corrected chi connectivity index (χ1v) is 2.35. The van der Waals surface area contributed by atoms with Gasteiger partial charge in [0.1, 0.15) is 0 Å². The summed E-state index contributed by atoms with van der Waals surface area (Å²) in [6, 6.07) is 0. The van der Waals surface area contributed by atoms with Crippen molar-refractivity contribution in [1.29, 1.82) is 0 Å². The van der Waals surface area contributed by atoms with E-state index in [0.29, 0.717) is 0 Å². The Morgan fingerprint density at radius 1 is 0.889 bits per heavy atom. The first-order chi connectivity index (χ1) is 2.00. The molecule has 0 bridgehead atoms. The zero-order chi connectivity index (χ0) is 4.50. The molecule has 46 valence electrons. The Bertz CT molecular complexity index is 61.9. The molecule has 0 aromatic rings. The molecule has 0 aliphatic carbocycles. The third kappa shape index (κ3) is 149. The number of rotatable bonds is 0. The summed E-state index contributed by atoms with van der Waals surface area (Å²) in [7, 11) is -4.64. The summed E-state index contributed by atoms with van der Waals surface area (Å²) in [6.07, 6.45) is 0. The van der Waals surface area contributed by atoms with Crippen molar-refractivity contribution in [3.05, 3.63) is 0 Å². The molecule has 0 aromatic carbocycles. The van der Waals surface area contributed by atoms with Crippen molar-refractivity contribution in [2.75, 3.05) is 0 Å². The summed E-state index contributed by atoms with van der Waals surface area (Å²) in [5.41, 5.74) is 0. The minimum absolute atomic E-state index is 0. The predicted molar refractivity (Wildman–Crippen MR) is 47.0 cm³/mol. The Kier molecular flexibility index (Phi) is 43.1. The van der Waals surface area contributed by atoms with Crippen molar-refractivity contribution < 1.29 is 19.2 Å². The van der Waals surface area contributed by atoms with Crippen molar-refractivity contribution in [1.82, 2.24) is 0 Å². The fourth-order valence-electron chi connectivity index (χ4n) is 0. The molecular weight excluding hydrogens is 144 g/mol. The van der Waals surface area contributed by atoms with Gasteiger partial charge in [-0.05, 0) is 11.0 Å². The van der Waals surface area contributed by atoms with Gasteiger partial charge in [-0.25, -0.2) is 4.57 Å². The van der Waals surface area contributed by atoms with E-state index in [1.165, 1.54) is 0 Å². The second kappa shape index (κ2) is 12.8. The van der Waals surface area contributed by atoms with Crippen molar-refractivity contribution in [2.24, 2.45) is 0 Å². The quantitative estimate of drug-likeness (QED) is 0.243. The van der Waals surface area contributed by atoms with Gasteiger partial charge in [0, 0.05) is 0 Å². The molecule has 0 saturated carbocycles. The van der Waals surface area contributed by atoms with Gasteiger partial charge in [0.25, 0.3) is 0 Å². The molecule has 0 unspecified atom stereocenters. The Morgan fingerprint density at radius 2 is 0.889 bits per heavy atom. The molecule has 9 heteroatoms. The molecule has 0 atom stereocenters. The van der Waals surface area contributed by atoms with Crippen LogP contribution in [0.5, 0.6) is 0 Å². The SMILES string of the molecule is O=P(O)(O)O.[LiH].[LiH].[LiH].[SiH4]. The van der Waals surface area contributed by atoms with Gasteiger partial charge in [-0.2, -0.15) is 0 Å². The third-order valence-electron chi connectivity index (χ3n) is 0. The smallest absolute Gasteiger partial charge is 0.0149 e. The molecule has 3 N–H and O–H groups in total. The second-order valence-electron chi connectivity index (χ2n) is 0.513. The van der Waals surface area contributed by atoms with Crippen LogP contribution in [0.1, 0.15) is 0 Å². The summed E-state index contributed by atoms with van der Waals surface area (Å²) >= 11 is 0. The Labute approximate surface area is 94.0 Å². The molecule has 0 aliphatic rings. The van der Waals surface area contributed by atoms with Gasteiger partial charge in [0.2, 0.25) is 0 Å². The van der Waals surface area contributed by atoms with Crippen LogP contribution in [0.4, 0.5) is 0 Å². The van der Waals surface area contributed by atoms with E-state index in [-0.39, 0.29) is 67.5 Å². The van der Waals surface area contributed by atoms with Gasteiger partial charge in [-0.1, -0.05) is 0 Å². The van der Waals surface area contributed by atoms with Gasteiger partial charge in [0.05, 0.1) is 0 Å². The molecule has 0 rings (SSSR count). The van der Waals surface area contributed by atoms with Crippen LogP contribution in [0.25, 0.3) is 0 Å². The van der Waals surface area contributed by atoms with Gasteiger partial charge in [-0.15, -0.1) is 0 Å². The van der Waals surface area contributed by atoms with Gasteiger partial charge >= 0.3 is 64.4 Å². The second-order valence-corrected chi connectivity index (χ2v) is 1.54. The summed E-state index contributed by atoms with van der Waals surface area (Å²) in [5, 5.41) is 0. The van der Waals surface area contributed by atoms with Crippen molar-refractivity contribution in [3.8, 4) is 0 Å². The van der Waals surface area contributed by atoms with Crippen LogP contribution in [0.3, 0.4) is 0 Å². The minimum atomic E-state index is -4.64. The molecule has 0 spiro atoms. The van der Waals surface area contributed by atoms with Crippen LogP contribution < -0.4 is 0 Å². The van der Waals surface area contributed by atoms with Crippen LogP contribution in [0, 0.1) is 0 Å². The first kappa shape index (κ1) is 30.4. The fraction of sp³-hybridized carbons (Fsp3) is 0. The van der Waals surface area contributed by atoms with E-state index in [1.807, 2.05) is 0 Å². The zero-order valence-corrected chi connectivity index (χ0v) is 3.09. The molecule has 0 amide bonds. The van der Waals surface area contributed by atoms with Gasteiger partial charge < -0.3 is 14.7 Å². The molecule has 4 nitrogen and oxygen atoms in total. The normalized spacial score (nSPS) is 6.56. The fourth-order valence-corrected chi connectivity index (χ4v) is 0. The molecular formula is H10Li3O4PSi. The van der Waals surface area contributed by atoms with Gasteiger partial charge in [-0.3, -0.25) is 0 Å². The van der Waals surface area contributed by atoms with E-state index in [1.54, 1.807) is 0 Å². The topological polar surface area (TPSA) is 77.8 Å². The molecule has 0 aromatic heterocycles. The van der Waals surface area contributed by atoms with Crippen LogP contribution in [0.15, 0.2) is 0 Å². The van der Waals surface area contributed by atoms with Crippen LogP contribution in [0.2, 0.25) is 0 Å². The van der Waals surface area contributed by atoms with E-state index in [9.17, 15) is 0 Å². The van der Waals surface area contributed by atoms with E-state index in [2.05, 4.69) is 0 Å². The molecule has 0 saturated heterocycles. The Hall–Kier alpha value is 2.12. The van der Waals surface area contributed by atoms with Crippen LogP contribution >= 0.6 is 7.82 Å². The van der Waals surface area contributed by atoms with Crippen LogP contribution in [-0.4, -0.2) is 82.2 Å². The summed E-state index contributed by atoms with van der Waals surface area (Å²) in [4.78, 5) is 21.6. The Morgan fingerprint density at radius 3 is 0.889 bits per heavy atom. The minimum Gasteiger partial charge on any atom is -0.0149 e. The largest absolute Gasteiger partial charge is 0.0149 e. The van der Waals surface area contributed by atoms with E-state index < -0.39 is 7.82 Å². The monoisotopic (exact) mass is 154 g/mol. The van der Waals surface area contributed by atoms with E-state index >= 15 is 0 Å². The maximum atomic E-state index is 8.88. The zero-order valence-electron chi connectivity index (χ0n) is 2.20. The third-order valence-corrected chi connectivity index (χ3v) is 0. The number of hydrogen-bond donors (Lipinski definition) is 3. The standard InChI is InChI=1S/3Li.H3O4P.H4Si.3H/c;;;1-5(2,3)4;;;;/h;;;(H3,1,2,3,4);1H4;;;. The number of hydrogen-bond acceptors (Lipinski definition) is 1. The van der Waals surface area contributed by atoms with E-state index in [0.717, 1.165) is 0 Å². The average molecular weight is 154 g/mol. The van der Waals surface area contributed by atoms with Crippen molar-refractivity contribution in [2.45, 2.75) is 0 Å². The molecule has 0 heterocycles. The number of phosphoric acid groups is 1. The van der Waals surface area contributed by atoms with Gasteiger partial charge in [0.15, 0.2) is 0 Å². The van der Waals surface area contributed by atoms with Crippen molar-refractivity contribution in [3.63, 3.8) is 0 Å². The first-order valence-electron chi connectivity index (χ1n) is 0.783. The predicted octanol–water partition coefficient (Wildman–Crippen LogP) is -4.33. The Balaban J connectivity index is -0.0000000133. The van der Waals surface area contributed by atoms with Crippen molar-refractivity contribution >= 4 is 75.4 Å². The average Bonchev–Trinajstić information content (AvgIpc) is 0.722. The maximum absolute atomic E-state index is 8.88. The molecule has 0 fully saturated rings.